The van der Waals surface area contributed by atoms with Crippen LogP contribution < -0.4 is 5.73 Å². The molecule has 0 aliphatic rings. The first-order valence-electron chi connectivity index (χ1n) is 5.40. The zero-order valence-electron chi connectivity index (χ0n) is 9.48. The van der Waals surface area contributed by atoms with Gasteiger partial charge >= 0.3 is 0 Å². The zero-order valence-corrected chi connectivity index (χ0v) is 10.2. The number of aromatic nitrogens is 1. The molecule has 1 heterocycles. The lowest BCUT2D eigenvalue weighted by Crippen LogP contribution is -2.05. The quantitative estimate of drug-likeness (QED) is 0.898. The Balaban J connectivity index is 2.19. The highest BCUT2D eigenvalue weighted by molar-refractivity contribution is 6.30. The molecule has 0 aliphatic carbocycles. The fourth-order valence-corrected chi connectivity index (χ4v) is 1.79. The van der Waals surface area contributed by atoms with Crippen LogP contribution in [-0.4, -0.2) is 10.1 Å². The van der Waals surface area contributed by atoms with E-state index in [4.69, 9.17) is 17.3 Å². The van der Waals surface area contributed by atoms with Gasteiger partial charge in [-0.1, -0.05) is 23.7 Å². The Bertz CT molecular complexity index is 562. The van der Waals surface area contributed by atoms with Gasteiger partial charge in [0.05, 0.1) is 11.1 Å². The van der Waals surface area contributed by atoms with E-state index in [1.54, 1.807) is 24.4 Å². The maximum atomic E-state index is 13.3. The van der Waals surface area contributed by atoms with Crippen molar-refractivity contribution >= 4 is 17.4 Å². The first-order chi connectivity index (χ1) is 8.58. The SMILES string of the molecule is Nc1ncccc1CC(O)c1ccc(Cl)c(F)c1. The molecule has 94 valence electrons. The van der Waals surface area contributed by atoms with E-state index in [1.807, 2.05) is 0 Å². The van der Waals surface area contributed by atoms with Crippen molar-refractivity contribution in [2.75, 3.05) is 5.73 Å². The molecule has 1 atom stereocenters. The van der Waals surface area contributed by atoms with Gasteiger partial charge in [-0.05, 0) is 29.3 Å². The van der Waals surface area contributed by atoms with Crippen LogP contribution in [0.3, 0.4) is 0 Å². The van der Waals surface area contributed by atoms with Gasteiger partial charge in [-0.3, -0.25) is 0 Å². The van der Waals surface area contributed by atoms with E-state index >= 15 is 0 Å². The van der Waals surface area contributed by atoms with Crippen LogP contribution in [0.1, 0.15) is 17.2 Å². The van der Waals surface area contributed by atoms with Crippen molar-refractivity contribution in [3.05, 3.63) is 58.5 Å². The van der Waals surface area contributed by atoms with Gasteiger partial charge in [0.1, 0.15) is 11.6 Å². The smallest absolute Gasteiger partial charge is 0.142 e. The Hall–Kier alpha value is -1.65. The van der Waals surface area contributed by atoms with Crippen LogP contribution in [0, 0.1) is 5.82 Å². The third-order valence-electron chi connectivity index (χ3n) is 2.67. The summed E-state index contributed by atoms with van der Waals surface area (Å²) in [5.41, 5.74) is 6.86. The molecule has 1 aromatic carbocycles. The summed E-state index contributed by atoms with van der Waals surface area (Å²) in [5.74, 6) is -0.182. The number of hydrogen-bond acceptors (Lipinski definition) is 3. The number of nitrogens with two attached hydrogens (primary N) is 1. The fourth-order valence-electron chi connectivity index (χ4n) is 1.67. The minimum absolute atomic E-state index is 0.0341. The van der Waals surface area contributed by atoms with E-state index in [1.165, 1.54) is 12.1 Å². The van der Waals surface area contributed by atoms with Gasteiger partial charge in [-0.2, -0.15) is 0 Å². The van der Waals surface area contributed by atoms with Crippen molar-refractivity contribution < 1.29 is 9.50 Å². The second-order valence-corrected chi connectivity index (χ2v) is 4.35. The largest absolute Gasteiger partial charge is 0.388 e. The van der Waals surface area contributed by atoms with Gasteiger partial charge in [0.25, 0.3) is 0 Å². The molecule has 0 saturated heterocycles. The highest BCUT2D eigenvalue weighted by Gasteiger charge is 2.12. The van der Waals surface area contributed by atoms with Crippen molar-refractivity contribution in [3.63, 3.8) is 0 Å². The number of nitrogen functional groups attached to an aromatic ring is 1. The summed E-state index contributed by atoms with van der Waals surface area (Å²) in [5, 5.41) is 10.1. The molecular formula is C13H12ClFN2O. The molecule has 0 aliphatic heterocycles. The molecule has 3 nitrogen and oxygen atoms in total. The number of aliphatic hydroxyl groups is 1. The normalized spacial score (nSPS) is 12.4. The molecule has 1 aromatic heterocycles. The molecule has 18 heavy (non-hydrogen) atoms. The second kappa shape index (κ2) is 5.33. The fraction of sp³-hybridized carbons (Fsp3) is 0.154. The summed E-state index contributed by atoms with van der Waals surface area (Å²) in [7, 11) is 0. The van der Waals surface area contributed by atoms with Crippen molar-refractivity contribution in [2.24, 2.45) is 0 Å². The Kier molecular flexibility index (Phi) is 3.79. The lowest BCUT2D eigenvalue weighted by Gasteiger charge is -2.12. The maximum Gasteiger partial charge on any atom is 0.142 e. The molecule has 0 bridgehead atoms. The molecule has 5 heteroatoms. The van der Waals surface area contributed by atoms with E-state index < -0.39 is 11.9 Å². The Morgan fingerprint density at radius 3 is 2.83 bits per heavy atom. The predicted octanol–water partition coefficient (Wildman–Crippen LogP) is 2.73. The topological polar surface area (TPSA) is 59.1 Å². The molecule has 2 rings (SSSR count). The number of halogens is 2. The van der Waals surface area contributed by atoms with Crippen molar-refractivity contribution in [1.82, 2.24) is 4.98 Å². The summed E-state index contributed by atoms with van der Waals surface area (Å²) < 4.78 is 13.3. The van der Waals surface area contributed by atoms with Crippen molar-refractivity contribution in [1.29, 1.82) is 0 Å². The number of anilines is 1. The van der Waals surface area contributed by atoms with Gasteiger partial charge in [-0.25, -0.2) is 9.37 Å². The number of pyridine rings is 1. The molecule has 0 saturated carbocycles. The lowest BCUT2D eigenvalue weighted by molar-refractivity contribution is 0.178. The van der Waals surface area contributed by atoms with Crippen LogP contribution in [0.5, 0.6) is 0 Å². The number of nitrogens with zero attached hydrogens (tertiary/aromatic N) is 1. The molecule has 0 amide bonds. The molecular weight excluding hydrogens is 255 g/mol. The summed E-state index contributed by atoms with van der Waals surface area (Å²) in [4.78, 5) is 3.93. The minimum atomic E-state index is -0.844. The summed E-state index contributed by atoms with van der Waals surface area (Å²) >= 11 is 5.58. The minimum Gasteiger partial charge on any atom is -0.388 e. The van der Waals surface area contributed by atoms with E-state index in [0.29, 0.717) is 11.4 Å². The standard InChI is InChI=1S/C13H12ClFN2O/c14-10-4-3-8(6-11(10)15)12(18)7-9-2-1-5-17-13(9)16/h1-6,12,18H,7H2,(H2,16,17). The molecule has 0 fully saturated rings. The van der Waals surface area contributed by atoms with E-state index in [9.17, 15) is 9.50 Å². The molecule has 2 aromatic rings. The van der Waals surface area contributed by atoms with Gasteiger partial charge < -0.3 is 10.8 Å². The van der Waals surface area contributed by atoms with E-state index in [0.717, 1.165) is 5.56 Å². The maximum absolute atomic E-state index is 13.3. The molecule has 1 unspecified atom stereocenters. The first-order valence-corrected chi connectivity index (χ1v) is 5.78. The van der Waals surface area contributed by atoms with Gasteiger partial charge in [0.15, 0.2) is 0 Å². The second-order valence-electron chi connectivity index (χ2n) is 3.94. The van der Waals surface area contributed by atoms with Crippen LogP contribution in [0.15, 0.2) is 36.5 Å². The van der Waals surface area contributed by atoms with Crippen LogP contribution in [-0.2, 0) is 6.42 Å². The Morgan fingerprint density at radius 2 is 2.17 bits per heavy atom. The van der Waals surface area contributed by atoms with Crippen molar-refractivity contribution in [3.8, 4) is 0 Å². The van der Waals surface area contributed by atoms with Crippen molar-refractivity contribution in [2.45, 2.75) is 12.5 Å². The lowest BCUT2D eigenvalue weighted by atomic mass is 10.0. The summed E-state index contributed by atoms with van der Waals surface area (Å²) in [6, 6.07) is 7.74. The average molecular weight is 267 g/mol. The van der Waals surface area contributed by atoms with Gasteiger partial charge in [0.2, 0.25) is 0 Å². The molecule has 0 spiro atoms. The zero-order chi connectivity index (χ0) is 13.1. The third-order valence-corrected chi connectivity index (χ3v) is 2.97. The number of rotatable bonds is 3. The van der Waals surface area contributed by atoms with E-state index in [-0.39, 0.29) is 11.4 Å². The first kappa shape index (κ1) is 12.8. The van der Waals surface area contributed by atoms with Gasteiger partial charge in [-0.15, -0.1) is 0 Å². The monoisotopic (exact) mass is 266 g/mol. The van der Waals surface area contributed by atoms with Gasteiger partial charge in [0, 0.05) is 12.6 Å². The third kappa shape index (κ3) is 2.78. The van der Waals surface area contributed by atoms with E-state index in [2.05, 4.69) is 4.98 Å². The summed E-state index contributed by atoms with van der Waals surface area (Å²) in [6.45, 7) is 0. The average Bonchev–Trinajstić information content (AvgIpc) is 2.35. The highest BCUT2D eigenvalue weighted by Crippen LogP contribution is 2.24. The number of aliphatic hydroxyl groups excluding tert-OH is 1. The predicted molar refractivity (Wildman–Crippen MR) is 68.7 cm³/mol. The van der Waals surface area contributed by atoms with Crippen LogP contribution >= 0.6 is 11.6 Å². The molecule has 0 radical (unpaired) electrons. The number of hydrogen-bond donors (Lipinski definition) is 2. The summed E-state index contributed by atoms with van der Waals surface area (Å²) in [6.07, 6.45) is 1.01. The Labute approximate surface area is 109 Å². The van der Waals surface area contributed by atoms with Crippen LogP contribution in [0.25, 0.3) is 0 Å². The Morgan fingerprint density at radius 1 is 1.39 bits per heavy atom. The number of benzene rings is 1. The highest BCUT2D eigenvalue weighted by atomic mass is 35.5. The molecule has 3 N–H and O–H groups in total. The van der Waals surface area contributed by atoms with Crippen LogP contribution in [0.2, 0.25) is 5.02 Å². The van der Waals surface area contributed by atoms with Crippen LogP contribution in [0.4, 0.5) is 10.2 Å².